The smallest absolute Gasteiger partial charge is 0.331 e. The molecule has 0 saturated heterocycles. The lowest BCUT2D eigenvalue weighted by molar-refractivity contribution is -0.132. The normalized spacial score (nSPS) is 11.3. The molecule has 0 atom stereocenters. The van der Waals surface area contributed by atoms with E-state index >= 15 is 0 Å². The van der Waals surface area contributed by atoms with Gasteiger partial charge in [0.2, 0.25) is 0 Å². The highest BCUT2D eigenvalue weighted by Crippen LogP contribution is 2.17. The van der Waals surface area contributed by atoms with Gasteiger partial charge in [0.15, 0.2) is 0 Å². The van der Waals surface area contributed by atoms with Crippen LogP contribution in [0.2, 0.25) is 0 Å². The number of aromatic hydroxyl groups is 1. The number of carboxylic acids is 1. The number of aliphatic carboxylic acids is 1. The lowest BCUT2D eigenvalue weighted by Gasteiger charge is -2.04. The van der Waals surface area contributed by atoms with E-state index in [9.17, 15) is 15.0 Å². The van der Waals surface area contributed by atoms with Crippen LogP contribution in [0.25, 0.3) is 6.08 Å². The number of phenolic OH excluding ortho intramolecular Hbond substituents is 1. The van der Waals surface area contributed by atoms with Crippen molar-refractivity contribution >= 4 is 12.0 Å². The van der Waals surface area contributed by atoms with Crippen LogP contribution in [-0.2, 0) is 11.2 Å². The van der Waals surface area contributed by atoms with Gasteiger partial charge in [-0.3, -0.25) is 0 Å². The lowest BCUT2D eigenvalue weighted by atomic mass is 10.0. The number of hydrogen-bond acceptors (Lipinski definition) is 2. The van der Waals surface area contributed by atoms with E-state index in [0.717, 1.165) is 5.56 Å². The summed E-state index contributed by atoms with van der Waals surface area (Å²) in [6, 6.07) is 16.3. The van der Waals surface area contributed by atoms with Gasteiger partial charge < -0.3 is 10.2 Å². The van der Waals surface area contributed by atoms with Gasteiger partial charge in [0.05, 0.1) is 0 Å². The van der Waals surface area contributed by atoms with Crippen molar-refractivity contribution in [2.45, 2.75) is 12.8 Å². The van der Waals surface area contributed by atoms with Gasteiger partial charge in [-0.25, -0.2) is 4.79 Å². The maximum Gasteiger partial charge on any atom is 0.331 e. The molecule has 102 valence electrons. The van der Waals surface area contributed by atoms with Crippen LogP contribution in [0, 0.1) is 0 Å². The fourth-order valence-corrected chi connectivity index (χ4v) is 1.98. The summed E-state index contributed by atoms with van der Waals surface area (Å²) in [6.07, 6.45) is 2.73. The fourth-order valence-electron chi connectivity index (χ4n) is 1.98. The van der Waals surface area contributed by atoms with Crippen molar-refractivity contribution in [2.75, 3.05) is 0 Å². The van der Waals surface area contributed by atoms with Gasteiger partial charge in [0.1, 0.15) is 5.75 Å². The quantitative estimate of drug-likeness (QED) is 0.816. The fraction of sp³-hybridized carbons (Fsp3) is 0.118. The first kappa shape index (κ1) is 13.9. The molecule has 0 aliphatic heterocycles. The van der Waals surface area contributed by atoms with Crippen molar-refractivity contribution in [3.8, 4) is 5.75 Å². The summed E-state index contributed by atoms with van der Waals surface area (Å²) in [4.78, 5) is 11.3. The Morgan fingerprint density at radius 1 is 1.05 bits per heavy atom. The molecule has 2 rings (SSSR count). The van der Waals surface area contributed by atoms with E-state index < -0.39 is 5.97 Å². The largest absolute Gasteiger partial charge is 0.508 e. The minimum atomic E-state index is -0.927. The van der Waals surface area contributed by atoms with Crippen LogP contribution in [0.5, 0.6) is 5.75 Å². The van der Waals surface area contributed by atoms with Crippen LogP contribution in [0.1, 0.15) is 17.5 Å². The van der Waals surface area contributed by atoms with E-state index in [2.05, 4.69) is 0 Å². The Labute approximate surface area is 117 Å². The Balaban J connectivity index is 2.13. The zero-order chi connectivity index (χ0) is 14.4. The highest BCUT2D eigenvalue weighted by molar-refractivity contribution is 5.92. The second-order valence-corrected chi connectivity index (χ2v) is 4.56. The topological polar surface area (TPSA) is 57.5 Å². The molecule has 3 heteroatoms. The molecule has 3 nitrogen and oxygen atoms in total. The van der Waals surface area contributed by atoms with E-state index in [1.165, 1.54) is 0 Å². The minimum absolute atomic E-state index is 0.131. The van der Waals surface area contributed by atoms with Crippen LogP contribution in [0.4, 0.5) is 0 Å². The molecule has 2 N–H and O–H groups in total. The van der Waals surface area contributed by atoms with E-state index in [-0.39, 0.29) is 5.75 Å². The van der Waals surface area contributed by atoms with Gasteiger partial charge in [-0.15, -0.1) is 0 Å². The summed E-state index contributed by atoms with van der Waals surface area (Å²) in [5.41, 5.74) is 2.13. The molecule has 20 heavy (non-hydrogen) atoms. The molecule has 0 saturated carbocycles. The molecule has 0 unspecified atom stereocenters. The third kappa shape index (κ3) is 3.99. The van der Waals surface area contributed by atoms with Gasteiger partial charge in [-0.05, 0) is 42.2 Å². The number of benzene rings is 2. The predicted molar refractivity (Wildman–Crippen MR) is 78.5 cm³/mol. The summed E-state index contributed by atoms with van der Waals surface area (Å²) in [6.45, 7) is 0. The summed E-state index contributed by atoms with van der Waals surface area (Å²) >= 11 is 0. The lowest BCUT2D eigenvalue weighted by Crippen LogP contribution is -2.02. The monoisotopic (exact) mass is 268 g/mol. The van der Waals surface area contributed by atoms with Gasteiger partial charge in [0, 0.05) is 5.57 Å². The van der Waals surface area contributed by atoms with Crippen LogP contribution in [0.15, 0.2) is 60.2 Å². The second-order valence-electron chi connectivity index (χ2n) is 4.56. The van der Waals surface area contributed by atoms with Crippen LogP contribution < -0.4 is 0 Å². The van der Waals surface area contributed by atoms with E-state index in [4.69, 9.17) is 0 Å². The van der Waals surface area contributed by atoms with E-state index in [1.807, 2.05) is 30.3 Å². The van der Waals surface area contributed by atoms with Crippen LogP contribution in [0.3, 0.4) is 0 Å². The Kier molecular flexibility index (Phi) is 4.56. The molecule has 2 aromatic carbocycles. The standard InChI is InChI=1S/C17H16O3/c18-16-8-4-7-14(12-16)11-15(17(19)20)10-9-13-5-2-1-3-6-13/h1-8,11-12,18H,9-10H2,(H,19,20)/b15-11+. The number of hydrogen-bond donors (Lipinski definition) is 2. The number of phenols is 1. The van der Waals surface area contributed by atoms with Crippen LogP contribution in [-0.4, -0.2) is 16.2 Å². The van der Waals surface area contributed by atoms with E-state index in [0.29, 0.717) is 24.0 Å². The van der Waals surface area contributed by atoms with Crippen molar-refractivity contribution in [3.05, 3.63) is 71.3 Å². The minimum Gasteiger partial charge on any atom is -0.508 e. The molecule has 0 fully saturated rings. The Hall–Kier alpha value is -2.55. The average Bonchev–Trinajstić information content (AvgIpc) is 2.44. The molecule has 0 bridgehead atoms. The zero-order valence-corrected chi connectivity index (χ0v) is 11.0. The first-order valence-electron chi connectivity index (χ1n) is 6.42. The second kappa shape index (κ2) is 6.57. The van der Waals surface area contributed by atoms with Crippen LogP contribution >= 0.6 is 0 Å². The number of carbonyl (C=O) groups is 1. The van der Waals surface area contributed by atoms with E-state index in [1.54, 1.807) is 30.3 Å². The maximum absolute atomic E-state index is 11.3. The predicted octanol–water partition coefficient (Wildman–Crippen LogP) is 3.49. The highest BCUT2D eigenvalue weighted by Gasteiger charge is 2.08. The molecule has 0 aliphatic rings. The van der Waals surface area contributed by atoms with Crippen molar-refractivity contribution < 1.29 is 15.0 Å². The van der Waals surface area contributed by atoms with Crippen molar-refractivity contribution in [2.24, 2.45) is 0 Å². The summed E-state index contributed by atoms with van der Waals surface area (Å²) in [5.74, 6) is -0.796. The summed E-state index contributed by atoms with van der Waals surface area (Å²) < 4.78 is 0. The Bertz CT molecular complexity index is 615. The molecule has 0 aromatic heterocycles. The molecular formula is C17H16O3. The molecule has 0 spiro atoms. The third-order valence-corrected chi connectivity index (χ3v) is 3.01. The Morgan fingerprint density at radius 3 is 2.45 bits per heavy atom. The highest BCUT2D eigenvalue weighted by atomic mass is 16.4. The van der Waals surface area contributed by atoms with Crippen molar-refractivity contribution in [3.63, 3.8) is 0 Å². The maximum atomic E-state index is 11.3. The van der Waals surface area contributed by atoms with Gasteiger partial charge >= 0.3 is 5.97 Å². The molecule has 0 amide bonds. The van der Waals surface area contributed by atoms with Crippen molar-refractivity contribution in [1.82, 2.24) is 0 Å². The van der Waals surface area contributed by atoms with Gasteiger partial charge in [-0.1, -0.05) is 42.5 Å². The first-order valence-corrected chi connectivity index (χ1v) is 6.42. The summed E-state index contributed by atoms with van der Waals surface area (Å²) in [5, 5.41) is 18.6. The molecule has 0 aliphatic carbocycles. The molecule has 0 radical (unpaired) electrons. The summed E-state index contributed by atoms with van der Waals surface area (Å²) in [7, 11) is 0. The number of carboxylic acid groups (broad SMARTS) is 1. The van der Waals surface area contributed by atoms with Crippen molar-refractivity contribution in [1.29, 1.82) is 0 Å². The SMILES string of the molecule is O=C(O)/C(=C/c1cccc(O)c1)CCc1ccccc1. The zero-order valence-electron chi connectivity index (χ0n) is 11.0. The number of aryl methyl sites for hydroxylation is 1. The van der Waals surface area contributed by atoms with Gasteiger partial charge in [0.25, 0.3) is 0 Å². The molecular weight excluding hydrogens is 252 g/mol. The Morgan fingerprint density at radius 2 is 1.80 bits per heavy atom. The molecule has 0 heterocycles. The average molecular weight is 268 g/mol. The third-order valence-electron chi connectivity index (χ3n) is 3.01. The molecule has 2 aromatic rings. The first-order chi connectivity index (χ1) is 9.65. The van der Waals surface area contributed by atoms with Gasteiger partial charge in [-0.2, -0.15) is 0 Å². The number of rotatable bonds is 5.